The molecule has 0 aromatic rings. The molecule has 112 valence electrons. The van der Waals surface area contributed by atoms with Crippen LogP contribution in [0.1, 0.15) is 0 Å². The van der Waals surface area contributed by atoms with E-state index in [-0.39, 0.29) is 0 Å². The molecule has 6 nitrogen and oxygen atoms in total. The smallest absolute Gasteiger partial charge is 0.374 e. The second-order valence-corrected chi connectivity index (χ2v) is 9.45. The SMILES string of the molecule is C=C([Si](OC)(OC)OC)[Si](OC)(OC)OC.C=C=C. The lowest BCUT2D eigenvalue weighted by Gasteiger charge is -2.33. The Morgan fingerprint density at radius 2 is 0.842 bits per heavy atom. The number of hydrogen-bond donors (Lipinski definition) is 0. The monoisotopic (exact) mass is 308 g/mol. The predicted molar refractivity (Wildman–Crippen MR) is 77.5 cm³/mol. The van der Waals surface area contributed by atoms with E-state index in [4.69, 9.17) is 26.6 Å². The van der Waals surface area contributed by atoms with Gasteiger partial charge in [0.05, 0.1) is 4.82 Å². The highest BCUT2D eigenvalue weighted by Gasteiger charge is 2.58. The summed E-state index contributed by atoms with van der Waals surface area (Å²) in [4.78, 5) is 0.472. The fourth-order valence-corrected chi connectivity index (χ4v) is 7.24. The van der Waals surface area contributed by atoms with Gasteiger partial charge in [-0.1, -0.05) is 19.7 Å². The van der Waals surface area contributed by atoms with E-state index in [1.807, 2.05) is 0 Å². The van der Waals surface area contributed by atoms with E-state index in [0.717, 1.165) is 0 Å². The molecule has 0 aromatic heterocycles. The topological polar surface area (TPSA) is 55.4 Å². The molecule has 0 unspecified atom stereocenters. The van der Waals surface area contributed by atoms with Gasteiger partial charge in [-0.05, 0) is 0 Å². The van der Waals surface area contributed by atoms with Crippen LogP contribution in [0.25, 0.3) is 0 Å². The van der Waals surface area contributed by atoms with Crippen LogP contribution in [0.4, 0.5) is 0 Å². The highest BCUT2D eigenvalue weighted by Crippen LogP contribution is 2.26. The van der Waals surface area contributed by atoms with E-state index in [1.54, 1.807) is 0 Å². The van der Waals surface area contributed by atoms with Gasteiger partial charge in [0.2, 0.25) is 0 Å². The van der Waals surface area contributed by atoms with Crippen LogP contribution >= 0.6 is 0 Å². The van der Waals surface area contributed by atoms with Crippen molar-refractivity contribution in [3.63, 3.8) is 0 Å². The van der Waals surface area contributed by atoms with E-state index < -0.39 is 17.6 Å². The molecule has 0 saturated carbocycles. The normalized spacial score (nSPS) is 11.3. The first-order chi connectivity index (χ1) is 8.93. The lowest BCUT2D eigenvalue weighted by atomic mass is 11.0. The second kappa shape index (κ2) is 10.3. The molecule has 0 amide bonds. The molecule has 0 rings (SSSR count). The quantitative estimate of drug-likeness (QED) is 0.498. The molecule has 0 aromatic carbocycles. The molecule has 0 spiro atoms. The van der Waals surface area contributed by atoms with Crippen molar-refractivity contribution in [2.45, 2.75) is 0 Å². The van der Waals surface area contributed by atoms with Gasteiger partial charge in [-0.15, -0.1) is 5.73 Å². The van der Waals surface area contributed by atoms with Crippen molar-refractivity contribution in [3.8, 4) is 0 Å². The summed E-state index contributed by atoms with van der Waals surface area (Å²) < 4.78 is 31.8. The molecule has 0 aliphatic carbocycles. The Kier molecular flexibility index (Phi) is 11.2. The maximum Gasteiger partial charge on any atom is 0.534 e. The van der Waals surface area contributed by atoms with Gasteiger partial charge in [-0.2, -0.15) is 0 Å². The van der Waals surface area contributed by atoms with Crippen LogP contribution in [0.2, 0.25) is 0 Å². The third-order valence-corrected chi connectivity index (χ3v) is 8.89. The van der Waals surface area contributed by atoms with Crippen molar-refractivity contribution in [2.24, 2.45) is 0 Å². The minimum absolute atomic E-state index is 0.472. The highest BCUT2D eigenvalue weighted by atomic mass is 28.5. The number of hydrogen-bond acceptors (Lipinski definition) is 6. The average molecular weight is 308 g/mol. The molecule has 19 heavy (non-hydrogen) atoms. The van der Waals surface area contributed by atoms with Gasteiger partial charge >= 0.3 is 17.6 Å². The second-order valence-electron chi connectivity index (χ2n) is 3.07. The fourth-order valence-electron chi connectivity index (χ4n) is 1.43. The van der Waals surface area contributed by atoms with Crippen molar-refractivity contribution in [1.29, 1.82) is 0 Å². The third kappa shape index (κ3) is 4.80. The average Bonchev–Trinajstić information content (AvgIpc) is 2.45. The Labute approximate surface area is 118 Å². The van der Waals surface area contributed by atoms with Gasteiger partial charge in [0.15, 0.2) is 0 Å². The van der Waals surface area contributed by atoms with Crippen molar-refractivity contribution in [1.82, 2.24) is 0 Å². The summed E-state index contributed by atoms with van der Waals surface area (Å²) in [5.41, 5.74) is 2.25. The zero-order valence-electron chi connectivity index (χ0n) is 12.6. The molecule has 0 aliphatic heterocycles. The summed E-state index contributed by atoms with van der Waals surface area (Å²) in [5.74, 6) is 0. The van der Waals surface area contributed by atoms with Crippen molar-refractivity contribution in [2.75, 3.05) is 42.7 Å². The summed E-state index contributed by atoms with van der Waals surface area (Å²) in [5, 5.41) is 0. The Morgan fingerprint density at radius 3 is 0.947 bits per heavy atom. The minimum Gasteiger partial charge on any atom is -0.374 e. The molecule has 0 heterocycles. The standard InChI is InChI=1S/C8H20O6Si2.C3H4/c1-8(15(9-2,10-3)11-4)16(12-5,13-6)14-7;1-3-2/h1H2,2-7H3;1-2H2. The summed E-state index contributed by atoms with van der Waals surface area (Å²) in [6, 6.07) is 0. The fraction of sp³-hybridized carbons (Fsp3) is 0.545. The number of rotatable bonds is 8. The Morgan fingerprint density at radius 1 is 0.684 bits per heavy atom. The first kappa shape index (κ1) is 20.8. The molecule has 0 atom stereocenters. The van der Waals surface area contributed by atoms with Gasteiger partial charge in [-0.3, -0.25) is 0 Å². The Hall–Kier alpha value is -0.546. The highest BCUT2D eigenvalue weighted by molar-refractivity contribution is 6.91. The van der Waals surface area contributed by atoms with Crippen molar-refractivity contribution >= 4 is 17.6 Å². The zero-order valence-corrected chi connectivity index (χ0v) is 14.6. The van der Waals surface area contributed by atoms with Gasteiger partial charge in [0, 0.05) is 42.7 Å². The Bertz CT molecular complexity index is 255. The van der Waals surface area contributed by atoms with Gasteiger partial charge in [-0.25, -0.2) is 0 Å². The predicted octanol–water partition coefficient (Wildman–Crippen LogP) is 1.33. The van der Waals surface area contributed by atoms with Gasteiger partial charge in [0.25, 0.3) is 0 Å². The maximum atomic E-state index is 5.30. The van der Waals surface area contributed by atoms with Crippen LogP contribution in [0, 0.1) is 0 Å². The zero-order chi connectivity index (χ0) is 15.5. The molecular weight excluding hydrogens is 284 g/mol. The van der Waals surface area contributed by atoms with Gasteiger partial charge in [0.1, 0.15) is 0 Å². The molecular formula is C11H24O6Si2. The van der Waals surface area contributed by atoms with E-state index in [2.05, 4.69) is 25.5 Å². The van der Waals surface area contributed by atoms with Crippen LogP contribution < -0.4 is 0 Å². The minimum atomic E-state index is -3.03. The Balaban J connectivity index is 0. The van der Waals surface area contributed by atoms with E-state index in [9.17, 15) is 0 Å². The lowest BCUT2D eigenvalue weighted by molar-refractivity contribution is 0.112. The summed E-state index contributed by atoms with van der Waals surface area (Å²) >= 11 is 0. The van der Waals surface area contributed by atoms with Crippen LogP contribution in [0.15, 0.2) is 30.3 Å². The summed E-state index contributed by atoms with van der Waals surface area (Å²) in [7, 11) is 2.89. The summed E-state index contributed by atoms with van der Waals surface area (Å²) in [6.07, 6.45) is 0. The van der Waals surface area contributed by atoms with Crippen LogP contribution in [0.3, 0.4) is 0 Å². The first-order valence-electron chi connectivity index (χ1n) is 5.23. The third-order valence-electron chi connectivity index (χ3n) is 2.35. The van der Waals surface area contributed by atoms with E-state index >= 15 is 0 Å². The van der Waals surface area contributed by atoms with Crippen LogP contribution in [-0.2, 0) is 26.6 Å². The van der Waals surface area contributed by atoms with Crippen LogP contribution in [0.5, 0.6) is 0 Å². The van der Waals surface area contributed by atoms with Crippen molar-refractivity contribution in [3.05, 3.63) is 30.3 Å². The molecule has 0 fully saturated rings. The molecule has 8 heteroatoms. The van der Waals surface area contributed by atoms with Gasteiger partial charge < -0.3 is 26.6 Å². The lowest BCUT2D eigenvalue weighted by Crippen LogP contribution is -2.59. The first-order valence-corrected chi connectivity index (χ1v) is 8.68. The molecule has 0 saturated heterocycles. The molecule has 0 aliphatic rings. The molecule has 0 N–H and O–H groups in total. The largest absolute Gasteiger partial charge is 0.534 e. The maximum absolute atomic E-state index is 5.30. The van der Waals surface area contributed by atoms with Crippen molar-refractivity contribution < 1.29 is 26.6 Å². The van der Waals surface area contributed by atoms with Crippen LogP contribution in [-0.4, -0.2) is 60.3 Å². The molecule has 0 bridgehead atoms. The van der Waals surface area contributed by atoms with E-state index in [0.29, 0.717) is 4.82 Å². The summed E-state index contributed by atoms with van der Waals surface area (Å²) in [6.45, 7) is 10.1. The van der Waals surface area contributed by atoms with E-state index in [1.165, 1.54) is 42.7 Å². The molecule has 0 radical (unpaired) electrons.